The Balaban J connectivity index is 1.62. The molecule has 2 heterocycles. The molecule has 8 heteroatoms. The predicted molar refractivity (Wildman–Crippen MR) is 107 cm³/mol. The lowest BCUT2D eigenvalue weighted by Gasteiger charge is -2.12. The third kappa shape index (κ3) is 3.80. The Bertz CT molecular complexity index is 1130. The second-order valence-electron chi connectivity index (χ2n) is 6.54. The van der Waals surface area contributed by atoms with Gasteiger partial charge in [-0.15, -0.1) is 0 Å². The molecular formula is C22H18N2O6. The molecule has 0 radical (unpaired) electrons. The summed E-state index contributed by atoms with van der Waals surface area (Å²) in [5.74, 6) is -0.595. The number of aromatic nitrogens is 1. The van der Waals surface area contributed by atoms with Gasteiger partial charge in [-0.2, -0.15) is 0 Å². The quantitative estimate of drug-likeness (QED) is 0.601. The molecule has 1 aliphatic rings. The van der Waals surface area contributed by atoms with Gasteiger partial charge in [-0.05, 0) is 36.4 Å². The molecule has 1 saturated heterocycles. The minimum absolute atomic E-state index is 0.138. The van der Waals surface area contributed by atoms with Gasteiger partial charge in [-0.1, -0.05) is 18.2 Å². The van der Waals surface area contributed by atoms with Crippen LogP contribution in [0.1, 0.15) is 10.4 Å². The molecule has 2 aromatic carbocycles. The predicted octanol–water partition coefficient (Wildman–Crippen LogP) is 3.05. The van der Waals surface area contributed by atoms with Crippen molar-refractivity contribution in [2.24, 2.45) is 0 Å². The van der Waals surface area contributed by atoms with Crippen LogP contribution in [0.15, 0.2) is 54.6 Å². The molecule has 152 valence electrons. The van der Waals surface area contributed by atoms with Crippen LogP contribution in [0.2, 0.25) is 0 Å². The van der Waals surface area contributed by atoms with E-state index in [9.17, 15) is 14.4 Å². The minimum atomic E-state index is -0.729. The van der Waals surface area contributed by atoms with Crippen molar-refractivity contribution in [2.45, 2.75) is 0 Å². The van der Waals surface area contributed by atoms with Crippen LogP contribution in [0.25, 0.3) is 22.2 Å². The highest BCUT2D eigenvalue weighted by Crippen LogP contribution is 2.27. The van der Waals surface area contributed by atoms with E-state index in [0.29, 0.717) is 22.3 Å². The van der Waals surface area contributed by atoms with Crippen molar-refractivity contribution in [2.75, 3.05) is 26.9 Å². The lowest BCUT2D eigenvalue weighted by molar-refractivity contribution is -0.131. The van der Waals surface area contributed by atoms with Gasteiger partial charge in [-0.3, -0.25) is 4.79 Å². The van der Waals surface area contributed by atoms with E-state index in [-0.39, 0.29) is 18.7 Å². The summed E-state index contributed by atoms with van der Waals surface area (Å²) >= 11 is 0. The van der Waals surface area contributed by atoms with E-state index < -0.39 is 24.6 Å². The number of para-hydroxylation sites is 1. The number of carbonyl (C=O) groups excluding carboxylic acids is 3. The van der Waals surface area contributed by atoms with Crippen molar-refractivity contribution in [1.29, 1.82) is 0 Å². The van der Waals surface area contributed by atoms with E-state index in [2.05, 4.69) is 4.98 Å². The molecule has 30 heavy (non-hydrogen) atoms. The zero-order chi connectivity index (χ0) is 21.1. The van der Waals surface area contributed by atoms with Crippen LogP contribution in [0.4, 0.5) is 4.79 Å². The summed E-state index contributed by atoms with van der Waals surface area (Å²) < 4.78 is 15.1. The lowest BCUT2D eigenvalue weighted by Crippen LogP contribution is -2.35. The molecule has 1 aromatic heterocycles. The van der Waals surface area contributed by atoms with Gasteiger partial charge in [0.1, 0.15) is 12.4 Å². The first-order chi connectivity index (χ1) is 14.6. The number of hydrogen-bond donors (Lipinski definition) is 0. The number of cyclic esters (lactones) is 1. The number of carbonyl (C=O) groups is 3. The van der Waals surface area contributed by atoms with Gasteiger partial charge in [0.05, 0.1) is 30.4 Å². The van der Waals surface area contributed by atoms with Crippen LogP contribution >= 0.6 is 0 Å². The number of ether oxygens (including phenoxy) is 3. The van der Waals surface area contributed by atoms with Gasteiger partial charge in [0.15, 0.2) is 6.61 Å². The highest BCUT2D eigenvalue weighted by atomic mass is 16.6. The summed E-state index contributed by atoms with van der Waals surface area (Å²) in [6.45, 7) is -0.268. The summed E-state index contributed by atoms with van der Waals surface area (Å²) in [6.07, 6.45) is -0.729. The number of pyridine rings is 1. The highest BCUT2D eigenvalue weighted by Gasteiger charge is 2.29. The fourth-order valence-corrected chi connectivity index (χ4v) is 3.16. The number of fused-ring (bicyclic) bond motifs is 1. The standard InChI is InChI=1S/C22H18N2O6/c1-28-15-8-6-14(7-9-15)19-12-17(16-4-2-3-5-18(16)23-19)21(26)30-13-20(25)24-10-11-29-22(24)27/h2-9,12H,10-11,13H2,1H3. The second kappa shape index (κ2) is 8.20. The van der Waals surface area contributed by atoms with Crippen molar-refractivity contribution in [3.05, 3.63) is 60.2 Å². The molecule has 1 aliphatic heterocycles. The van der Waals surface area contributed by atoms with Crippen molar-refractivity contribution in [3.8, 4) is 17.0 Å². The molecular weight excluding hydrogens is 388 g/mol. The van der Waals surface area contributed by atoms with E-state index in [4.69, 9.17) is 14.2 Å². The Morgan fingerprint density at radius 3 is 2.60 bits per heavy atom. The third-order valence-electron chi connectivity index (χ3n) is 4.71. The molecule has 0 atom stereocenters. The zero-order valence-corrected chi connectivity index (χ0v) is 16.2. The maximum Gasteiger partial charge on any atom is 0.416 e. The van der Waals surface area contributed by atoms with Gasteiger partial charge in [-0.25, -0.2) is 19.5 Å². The first-order valence-corrected chi connectivity index (χ1v) is 9.25. The normalized spacial score (nSPS) is 13.2. The molecule has 0 N–H and O–H groups in total. The number of rotatable bonds is 5. The first kappa shape index (κ1) is 19.4. The Morgan fingerprint density at radius 2 is 1.90 bits per heavy atom. The Hall–Kier alpha value is -3.94. The lowest BCUT2D eigenvalue weighted by atomic mass is 10.0. The number of hydrogen-bond acceptors (Lipinski definition) is 7. The summed E-state index contributed by atoms with van der Waals surface area (Å²) in [5.41, 5.74) is 2.28. The summed E-state index contributed by atoms with van der Waals surface area (Å²) in [6, 6.07) is 16.1. The molecule has 2 amide bonds. The molecule has 8 nitrogen and oxygen atoms in total. The van der Waals surface area contributed by atoms with Gasteiger partial charge < -0.3 is 14.2 Å². The monoisotopic (exact) mass is 406 g/mol. The fraction of sp³-hybridized carbons (Fsp3) is 0.182. The second-order valence-corrected chi connectivity index (χ2v) is 6.54. The molecule has 4 rings (SSSR count). The zero-order valence-electron chi connectivity index (χ0n) is 16.2. The largest absolute Gasteiger partial charge is 0.497 e. The van der Waals surface area contributed by atoms with Crippen LogP contribution in [0.3, 0.4) is 0 Å². The van der Waals surface area contributed by atoms with Crippen molar-refractivity contribution in [3.63, 3.8) is 0 Å². The number of benzene rings is 2. The fourth-order valence-electron chi connectivity index (χ4n) is 3.16. The molecule has 0 aliphatic carbocycles. The Labute approximate surface area is 172 Å². The third-order valence-corrected chi connectivity index (χ3v) is 4.71. The molecule has 0 bridgehead atoms. The number of methoxy groups -OCH3 is 1. The Kier molecular flexibility index (Phi) is 5.30. The van der Waals surface area contributed by atoms with Crippen molar-refractivity contribution in [1.82, 2.24) is 9.88 Å². The Morgan fingerprint density at radius 1 is 1.13 bits per heavy atom. The van der Waals surface area contributed by atoms with E-state index in [1.165, 1.54) is 0 Å². The van der Waals surface area contributed by atoms with E-state index >= 15 is 0 Å². The van der Waals surface area contributed by atoms with Crippen LogP contribution in [-0.4, -0.2) is 54.7 Å². The molecule has 1 fully saturated rings. The van der Waals surface area contributed by atoms with E-state index in [1.54, 1.807) is 43.5 Å². The van der Waals surface area contributed by atoms with Gasteiger partial charge >= 0.3 is 12.1 Å². The molecule has 3 aromatic rings. The van der Waals surface area contributed by atoms with Gasteiger partial charge in [0.2, 0.25) is 0 Å². The SMILES string of the molecule is COc1ccc(-c2cc(C(=O)OCC(=O)N3CCOC3=O)c3ccccc3n2)cc1. The summed E-state index contributed by atoms with van der Waals surface area (Å²) in [4.78, 5) is 41.9. The number of amides is 2. The van der Waals surface area contributed by atoms with Gasteiger partial charge in [0, 0.05) is 10.9 Å². The van der Waals surface area contributed by atoms with Crippen LogP contribution < -0.4 is 4.74 Å². The minimum Gasteiger partial charge on any atom is -0.497 e. The van der Waals surface area contributed by atoms with E-state index in [1.807, 2.05) is 18.2 Å². The molecule has 0 saturated carbocycles. The van der Waals surface area contributed by atoms with Crippen molar-refractivity contribution < 1.29 is 28.6 Å². The number of imide groups is 1. The maximum absolute atomic E-state index is 12.8. The smallest absolute Gasteiger partial charge is 0.416 e. The maximum atomic E-state index is 12.8. The van der Waals surface area contributed by atoms with E-state index in [0.717, 1.165) is 10.5 Å². The van der Waals surface area contributed by atoms with Crippen molar-refractivity contribution >= 4 is 28.9 Å². The topological polar surface area (TPSA) is 95.0 Å². The number of esters is 1. The van der Waals surface area contributed by atoms with Crippen LogP contribution in [0.5, 0.6) is 5.75 Å². The van der Waals surface area contributed by atoms with Crippen LogP contribution in [0, 0.1) is 0 Å². The molecule has 0 spiro atoms. The molecule has 0 unspecified atom stereocenters. The van der Waals surface area contributed by atoms with Crippen LogP contribution in [-0.2, 0) is 14.3 Å². The summed E-state index contributed by atoms with van der Waals surface area (Å²) in [5, 5.41) is 0.604. The summed E-state index contributed by atoms with van der Waals surface area (Å²) in [7, 11) is 1.58. The first-order valence-electron chi connectivity index (χ1n) is 9.25. The highest BCUT2D eigenvalue weighted by molar-refractivity contribution is 6.05. The number of nitrogens with zero attached hydrogens (tertiary/aromatic N) is 2. The average Bonchev–Trinajstić information content (AvgIpc) is 3.22. The average molecular weight is 406 g/mol. The van der Waals surface area contributed by atoms with Gasteiger partial charge in [0.25, 0.3) is 5.91 Å².